The summed E-state index contributed by atoms with van der Waals surface area (Å²) in [5.74, 6) is 1.25. The predicted octanol–water partition coefficient (Wildman–Crippen LogP) is 3.26. The van der Waals surface area contributed by atoms with Gasteiger partial charge in [-0.1, -0.05) is 5.16 Å². The number of aromatic nitrogens is 1. The molecule has 5 rings (SSSR count). The molecule has 124 valence electrons. The highest BCUT2D eigenvalue weighted by molar-refractivity contribution is 5.89. The average Bonchev–Trinajstić information content (AvgIpc) is 2.85. The molecule has 0 saturated heterocycles. The Labute approximate surface area is 133 Å². The van der Waals surface area contributed by atoms with Crippen molar-refractivity contribution in [2.75, 3.05) is 6.61 Å². The Balaban J connectivity index is 1.45. The molecule has 4 fully saturated rings. The van der Waals surface area contributed by atoms with E-state index in [-0.39, 0.29) is 16.7 Å². The Bertz CT molecular complexity index is 630. The maximum Gasteiger partial charge on any atom is 0.459 e. The lowest BCUT2D eigenvalue weighted by Crippen LogP contribution is -2.48. The molecule has 4 bridgehead atoms. The van der Waals surface area contributed by atoms with Crippen LogP contribution in [-0.2, 0) is 4.74 Å². The van der Waals surface area contributed by atoms with E-state index in [0.717, 1.165) is 37.0 Å². The summed E-state index contributed by atoms with van der Waals surface area (Å²) in [5, 5.41) is 14.3. The molecular weight excluding hydrogens is 300 g/mol. The second-order valence-corrected chi connectivity index (χ2v) is 7.71. The summed E-state index contributed by atoms with van der Waals surface area (Å²) in [6, 6.07) is 0. The fraction of sp³-hybridized carbons (Fsp3) is 0.750. The first-order valence-corrected chi connectivity index (χ1v) is 8.23. The summed E-state index contributed by atoms with van der Waals surface area (Å²) in [6.07, 6.45) is 7.43. The highest BCUT2D eigenvalue weighted by atomic mass is 16.7. The van der Waals surface area contributed by atoms with Gasteiger partial charge in [-0.2, -0.15) is 0 Å². The van der Waals surface area contributed by atoms with E-state index in [9.17, 15) is 14.9 Å². The van der Waals surface area contributed by atoms with Gasteiger partial charge in [0.25, 0.3) is 0 Å². The molecule has 7 nitrogen and oxygen atoms in total. The maximum atomic E-state index is 12.2. The number of carbonyl (C=O) groups excluding carboxylic acids is 1. The van der Waals surface area contributed by atoms with Crippen LogP contribution in [0.4, 0.5) is 5.88 Å². The Morgan fingerprint density at radius 2 is 1.87 bits per heavy atom. The molecule has 4 saturated carbocycles. The first-order chi connectivity index (χ1) is 11.0. The maximum absolute atomic E-state index is 12.2. The van der Waals surface area contributed by atoms with Crippen LogP contribution in [0.15, 0.2) is 4.52 Å². The largest absolute Gasteiger partial charge is 0.460 e. The predicted molar refractivity (Wildman–Crippen MR) is 78.8 cm³/mol. The SMILES string of the molecule is Cc1c(C(=O)OCC23CC4CC(CC(C4)C2)C3)noc1[N+](=O)[O-]. The molecule has 0 atom stereocenters. The van der Waals surface area contributed by atoms with Crippen molar-refractivity contribution in [2.24, 2.45) is 23.2 Å². The number of nitro groups is 1. The van der Waals surface area contributed by atoms with E-state index >= 15 is 0 Å². The minimum atomic E-state index is -0.682. The third-order valence-electron chi connectivity index (χ3n) is 5.93. The number of esters is 1. The second-order valence-electron chi connectivity index (χ2n) is 7.71. The summed E-state index contributed by atoms with van der Waals surface area (Å²) >= 11 is 0. The van der Waals surface area contributed by atoms with Gasteiger partial charge in [-0.3, -0.25) is 14.6 Å². The molecule has 1 heterocycles. The molecule has 0 unspecified atom stereocenters. The molecule has 1 aromatic rings. The number of hydrogen-bond acceptors (Lipinski definition) is 6. The van der Waals surface area contributed by atoms with E-state index in [0.29, 0.717) is 6.61 Å². The molecule has 0 N–H and O–H groups in total. The summed E-state index contributed by atoms with van der Waals surface area (Å²) in [4.78, 5) is 22.3. The van der Waals surface area contributed by atoms with Crippen molar-refractivity contribution in [2.45, 2.75) is 45.4 Å². The molecule has 0 aromatic carbocycles. The Morgan fingerprint density at radius 1 is 1.30 bits per heavy atom. The van der Waals surface area contributed by atoms with Crippen molar-refractivity contribution in [3.05, 3.63) is 21.4 Å². The van der Waals surface area contributed by atoms with Crippen LogP contribution in [0.3, 0.4) is 0 Å². The first-order valence-electron chi connectivity index (χ1n) is 8.23. The van der Waals surface area contributed by atoms with Crippen LogP contribution in [0.2, 0.25) is 0 Å². The Hall–Kier alpha value is -1.92. The number of nitrogens with zero attached hydrogens (tertiary/aromatic N) is 2. The van der Waals surface area contributed by atoms with E-state index < -0.39 is 16.8 Å². The van der Waals surface area contributed by atoms with E-state index in [4.69, 9.17) is 4.74 Å². The standard InChI is InChI=1S/C16H20N2O5/c1-9-13(17-23-14(9)18(20)21)15(19)22-8-16-5-10-2-11(6-16)4-12(3-10)7-16/h10-12H,2-8H2,1H3. The van der Waals surface area contributed by atoms with Crippen LogP contribution in [0, 0.1) is 40.2 Å². The quantitative estimate of drug-likeness (QED) is 0.480. The van der Waals surface area contributed by atoms with Crippen LogP contribution in [0.1, 0.15) is 54.6 Å². The molecule has 1 aromatic heterocycles. The van der Waals surface area contributed by atoms with Gasteiger partial charge in [-0.15, -0.1) is 0 Å². The van der Waals surface area contributed by atoms with Crippen LogP contribution in [-0.4, -0.2) is 22.7 Å². The lowest BCUT2D eigenvalue weighted by Gasteiger charge is -2.56. The van der Waals surface area contributed by atoms with Crippen LogP contribution < -0.4 is 0 Å². The monoisotopic (exact) mass is 320 g/mol. The Kier molecular flexibility index (Phi) is 3.21. The van der Waals surface area contributed by atoms with Crippen LogP contribution in [0.25, 0.3) is 0 Å². The summed E-state index contributed by atoms with van der Waals surface area (Å²) < 4.78 is 10.1. The zero-order valence-electron chi connectivity index (χ0n) is 13.1. The van der Waals surface area contributed by atoms with Gasteiger partial charge in [0.15, 0.2) is 0 Å². The fourth-order valence-electron chi connectivity index (χ4n) is 5.44. The average molecular weight is 320 g/mol. The number of hydrogen-bond donors (Lipinski definition) is 0. The normalized spacial score (nSPS) is 34.6. The first kappa shape index (κ1) is 14.7. The molecule has 4 aliphatic rings. The van der Waals surface area contributed by atoms with Gasteiger partial charge >= 0.3 is 11.9 Å². The number of carbonyl (C=O) groups is 1. The van der Waals surface area contributed by atoms with Gasteiger partial charge in [0, 0.05) is 5.41 Å². The van der Waals surface area contributed by atoms with Crippen molar-refractivity contribution in [3.8, 4) is 0 Å². The Morgan fingerprint density at radius 3 is 2.35 bits per heavy atom. The molecule has 0 spiro atoms. The fourth-order valence-corrected chi connectivity index (χ4v) is 5.44. The van der Waals surface area contributed by atoms with Gasteiger partial charge < -0.3 is 4.74 Å². The van der Waals surface area contributed by atoms with Crippen molar-refractivity contribution in [1.29, 1.82) is 0 Å². The van der Waals surface area contributed by atoms with Crippen molar-refractivity contribution in [3.63, 3.8) is 0 Å². The smallest absolute Gasteiger partial charge is 0.459 e. The zero-order chi connectivity index (χ0) is 16.2. The van der Waals surface area contributed by atoms with Crippen LogP contribution >= 0.6 is 0 Å². The summed E-state index contributed by atoms with van der Waals surface area (Å²) in [6.45, 7) is 1.85. The van der Waals surface area contributed by atoms with E-state index in [2.05, 4.69) is 9.68 Å². The molecule has 0 aliphatic heterocycles. The lowest BCUT2D eigenvalue weighted by molar-refractivity contribution is -0.404. The van der Waals surface area contributed by atoms with Gasteiger partial charge in [0.1, 0.15) is 10.5 Å². The van der Waals surface area contributed by atoms with Gasteiger partial charge in [0.2, 0.25) is 5.69 Å². The summed E-state index contributed by atoms with van der Waals surface area (Å²) in [7, 11) is 0. The number of ether oxygens (including phenoxy) is 1. The molecule has 23 heavy (non-hydrogen) atoms. The highest BCUT2D eigenvalue weighted by Gasteiger charge is 2.51. The van der Waals surface area contributed by atoms with Crippen molar-refractivity contribution >= 4 is 11.9 Å². The molecule has 7 heteroatoms. The highest BCUT2D eigenvalue weighted by Crippen LogP contribution is 2.60. The van der Waals surface area contributed by atoms with Gasteiger partial charge in [-0.25, -0.2) is 4.79 Å². The van der Waals surface area contributed by atoms with Gasteiger partial charge in [-0.05, 0) is 63.2 Å². The summed E-state index contributed by atoms with van der Waals surface area (Å²) in [5.41, 5.74) is 0.167. The lowest BCUT2D eigenvalue weighted by atomic mass is 9.50. The minimum absolute atomic E-state index is 0.0820. The molecule has 0 amide bonds. The number of rotatable bonds is 4. The molecule has 4 aliphatic carbocycles. The molecular formula is C16H20N2O5. The van der Waals surface area contributed by atoms with E-state index in [1.807, 2.05) is 0 Å². The van der Waals surface area contributed by atoms with E-state index in [1.54, 1.807) is 0 Å². The van der Waals surface area contributed by atoms with Crippen molar-refractivity contribution in [1.82, 2.24) is 5.16 Å². The zero-order valence-corrected chi connectivity index (χ0v) is 13.1. The third-order valence-corrected chi connectivity index (χ3v) is 5.93. The minimum Gasteiger partial charge on any atom is -0.460 e. The second kappa shape index (κ2) is 5.04. The topological polar surface area (TPSA) is 95.5 Å². The third kappa shape index (κ3) is 2.42. The van der Waals surface area contributed by atoms with Crippen molar-refractivity contribution < 1.29 is 19.0 Å². The van der Waals surface area contributed by atoms with Gasteiger partial charge in [0.05, 0.1) is 6.61 Å². The van der Waals surface area contributed by atoms with E-state index in [1.165, 1.54) is 26.2 Å². The molecule has 0 radical (unpaired) electrons. The van der Waals surface area contributed by atoms with Crippen LogP contribution in [0.5, 0.6) is 0 Å².